The zero-order chi connectivity index (χ0) is 27.8. The Morgan fingerprint density at radius 1 is 1.00 bits per heavy atom. The molecule has 0 radical (unpaired) electrons. The quantitative estimate of drug-likeness (QED) is 0.125. The van der Waals surface area contributed by atoms with Crippen molar-refractivity contribution in [2.45, 2.75) is 51.5 Å². The van der Waals surface area contributed by atoms with Crippen LogP contribution in [0.2, 0.25) is 0 Å². The summed E-state index contributed by atoms with van der Waals surface area (Å²) in [5.74, 6) is -0.421. The summed E-state index contributed by atoms with van der Waals surface area (Å²) in [4.78, 5) is 12.7. The minimum Gasteiger partial charge on any atom is -0.855 e. The number of hydrogen-bond donors (Lipinski definition) is 3. The lowest BCUT2D eigenvalue weighted by Crippen LogP contribution is -2.54. The predicted octanol–water partition coefficient (Wildman–Crippen LogP) is 3.43. The van der Waals surface area contributed by atoms with Gasteiger partial charge in [0.15, 0.2) is 0 Å². The lowest BCUT2D eigenvalue weighted by molar-refractivity contribution is -0.933. The number of carbonyl (C=O) groups excluding carboxylic acids is 1. The van der Waals surface area contributed by atoms with E-state index in [1.165, 1.54) is 0 Å². The van der Waals surface area contributed by atoms with Gasteiger partial charge in [0.25, 0.3) is 0 Å². The van der Waals surface area contributed by atoms with Crippen LogP contribution in [0.4, 0.5) is 10.5 Å². The Hall–Kier alpha value is -3.88. The molecule has 0 spiro atoms. The molecule has 0 heterocycles. The van der Waals surface area contributed by atoms with Crippen molar-refractivity contribution in [2.24, 2.45) is 5.10 Å². The van der Waals surface area contributed by atoms with E-state index in [0.717, 1.165) is 11.1 Å². The maximum Gasteiger partial charge on any atom is 0.407 e. The number of carbonyl (C=O) groups is 1. The van der Waals surface area contributed by atoms with Gasteiger partial charge >= 0.3 is 6.09 Å². The third kappa shape index (κ3) is 9.21. The molecule has 0 saturated carbocycles. The smallest absolute Gasteiger partial charge is 0.407 e. The van der Waals surface area contributed by atoms with Crippen LogP contribution in [0.5, 0.6) is 0 Å². The standard InChI is InChI=1S/C30H38N4O4/c1-30(2,3)38-29(37)32-26(19-22-11-7-5-8-12-22)27(35)21-34(4,20-23-13-9-6-10-14-23)33-28(36)24-15-17-25(31)18-16-24/h5-18,26-27,35H,19-21H2,1-4H3,(H3-,31,32,33,36,37)/t26-,27-,34?/m0/s1. The van der Waals surface area contributed by atoms with Crippen molar-refractivity contribution in [3.63, 3.8) is 0 Å². The fraction of sp³-hybridized carbons (Fsp3) is 0.333. The number of nitrogen functional groups attached to an aromatic ring is 1. The van der Waals surface area contributed by atoms with Crippen LogP contribution in [0.15, 0.2) is 90.0 Å². The molecule has 3 atom stereocenters. The van der Waals surface area contributed by atoms with E-state index in [9.17, 15) is 15.0 Å². The van der Waals surface area contributed by atoms with Gasteiger partial charge in [-0.3, -0.25) is 0 Å². The minimum atomic E-state index is -1.04. The first-order chi connectivity index (χ1) is 17.9. The van der Waals surface area contributed by atoms with Crippen LogP contribution < -0.4 is 16.2 Å². The largest absolute Gasteiger partial charge is 0.855 e. The van der Waals surface area contributed by atoms with E-state index >= 15 is 0 Å². The van der Waals surface area contributed by atoms with Crippen molar-refractivity contribution in [3.05, 3.63) is 102 Å². The van der Waals surface area contributed by atoms with E-state index in [4.69, 9.17) is 10.5 Å². The van der Waals surface area contributed by atoms with Crippen LogP contribution in [0.1, 0.15) is 37.5 Å². The Kier molecular flexibility index (Phi) is 9.50. The highest BCUT2D eigenvalue weighted by molar-refractivity contribution is 5.90. The summed E-state index contributed by atoms with van der Waals surface area (Å²) in [7, 11) is 1.79. The highest BCUT2D eigenvalue weighted by Crippen LogP contribution is 2.19. The van der Waals surface area contributed by atoms with Crippen LogP contribution in [-0.2, 0) is 17.7 Å². The number of alkyl carbamates (subject to hydrolysis) is 1. The summed E-state index contributed by atoms with van der Waals surface area (Å²) in [5, 5.41) is 32.0. The van der Waals surface area contributed by atoms with E-state index < -0.39 is 29.7 Å². The number of aliphatic hydroxyl groups is 1. The number of rotatable bonds is 10. The SMILES string of the molecule is CC(C)(C)OC(=O)N[C@@H](Cc1ccccc1)[C@@H](O)C[N+](C)(Cc1ccccc1)/N=C(\[O-])c1ccc(N)cc1. The summed E-state index contributed by atoms with van der Waals surface area (Å²) in [6.45, 7) is 5.78. The number of aliphatic hydroxyl groups excluding tert-OH is 1. The number of likely N-dealkylation sites (N-methyl/N-ethyl adjacent to an activating group) is 1. The maximum absolute atomic E-state index is 13.1. The second kappa shape index (κ2) is 12.6. The first-order valence-corrected chi connectivity index (χ1v) is 12.7. The summed E-state index contributed by atoms with van der Waals surface area (Å²) < 4.78 is 5.33. The molecule has 8 nitrogen and oxygen atoms in total. The second-order valence-electron chi connectivity index (χ2n) is 10.7. The van der Waals surface area contributed by atoms with E-state index in [1.807, 2.05) is 60.7 Å². The zero-order valence-electron chi connectivity index (χ0n) is 22.5. The number of nitrogens with two attached hydrogens (primary N) is 1. The highest BCUT2D eigenvalue weighted by atomic mass is 16.6. The van der Waals surface area contributed by atoms with Crippen LogP contribution in [0.3, 0.4) is 0 Å². The van der Waals surface area contributed by atoms with Crippen LogP contribution in [0.25, 0.3) is 0 Å². The summed E-state index contributed by atoms with van der Waals surface area (Å²) in [6, 6.07) is 25.1. The average molecular weight is 519 g/mol. The van der Waals surface area contributed by atoms with E-state index in [-0.39, 0.29) is 11.1 Å². The van der Waals surface area contributed by atoms with Gasteiger partial charge in [0, 0.05) is 11.3 Å². The molecule has 38 heavy (non-hydrogen) atoms. The molecular formula is C30H38N4O4. The van der Waals surface area contributed by atoms with Crippen molar-refractivity contribution >= 4 is 17.7 Å². The van der Waals surface area contributed by atoms with Gasteiger partial charge in [0.05, 0.1) is 19.0 Å². The Labute approximate surface area is 225 Å². The van der Waals surface area contributed by atoms with Crippen LogP contribution >= 0.6 is 0 Å². The molecule has 0 aliphatic carbocycles. The van der Waals surface area contributed by atoms with E-state index in [0.29, 0.717) is 24.2 Å². The molecule has 0 fully saturated rings. The number of anilines is 1. The molecule has 3 aromatic rings. The van der Waals surface area contributed by atoms with Gasteiger partial charge in [-0.2, -0.15) is 4.59 Å². The van der Waals surface area contributed by atoms with Gasteiger partial charge in [-0.1, -0.05) is 77.9 Å². The van der Waals surface area contributed by atoms with Gasteiger partial charge in [-0.05, 0) is 50.5 Å². The zero-order valence-corrected chi connectivity index (χ0v) is 22.5. The van der Waals surface area contributed by atoms with Crippen LogP contribution in [-0.4, -0.2) is 53.0 Å². The Bertz CT molecular complexity index is 1190. The van der Waals surface area contributed by atoms with Gasteiger partial charge in [0.2, 0.25) is 0 Å². The molecule has 1 unspecified atom stereocenters. The molecule has 3 rings (SSSR count). The van der Waals surface area contributed by atoms with Gasteiger partial charge in [0.1, 0.15) is 24.8 Å². The van der Waals surface area contributed by atoms with Crippen molar-refractivity contribution < 1.29 is 24.3 Å². The Morgan fingerprint density at radius 2 is 1.55 bits per heavy atom. The molecule has 3 aromatic carbocycles. The van der Waals surface area contributed by atoms with Gasteiger partial charge in [-0.15, -0.1) is 0 Å². The monoisotopic (exact) mass is 518 g/mol. The normalized spacial score (nSPS) is 15.2. The summed E-state index contributed by atoms with van der Waals surface area (Å²) >= 11 is 0. The molecule has 4 N–H and O–H groups in total. The molecule has 8 heteroatoms. The lowest BCUT2D eigenvalue weighted by Gasteiger charge is -2.34. The molecule has 0 aliphatic rings. The van der Waals surface area contributed by atoms with Gasteiger partial charge < -0.3 is 26.0 Å². The predicted molar refractivity (Wildman–Crippen MR) is 148 cm³/mol. The number of nitrogens with one attached hydrogen (secondary N) is 1. The highest BCUT2D eigenvalue weighted by Gasteiger charge is 2.33. The van der Waals surface area contributed by atoms with E-state index in [2.05, 4.69) is 10.4 Å². The molecule has 0 bridgehead atoms. The average Bonchev–Trinajstić information content (AvgIpc) is 2.84. The number of ether oxygens (including phenoxy) is 1. The first kappa shape index (κ1) is 28.7. The third-order valence-electron chi connectivity index (χ3n) is 5.90. The van der Waals surface area contributed by atoms with Crippen molar-refractivity contribution in [2.75, 3.05) is 19.3 Å². The molecule has 202 valence electrons. The third-order valence-corrected chi connectivity index (χ3v) is 5.90. The fourth-order valence-electron chi connectivity index (χ4n) is 4.16. The van der Waals surface area contributed by atoms with E-state index in [1.54, 1.807) is 52.1 Å². The summed E-state index contributed by atoms with van der Waals surface area (Å²) in [5.41, 5.74) is 7.94. The van der Waals surface area contributed by atoms with Gasteiger partial charge in [-0.25, -0.2) is 4.79 Å². The molecule has 0 saturated heterocycles. The van der Waals surface area contributed by atoms with Crippen molar-refractivity contribution in [1.29, 1.82) is 0 Å². The Balaban J connectivity index is 1.91. The maximum atomic E-state index is 13.1. The minimum absolute atomic E-state index is 0.0723. The number of nitrogens with zero attached hydrogens (tertiary/aromatic N) is 2. The summed E-state index contributed by atoms with van der Waals surface area (Å²) in [6.07, 6.45) is -1.29. The first-order valence-electron chi connectivity index (χ1n) is 12.7. The lowest BCUT2D eigenvalue weighted by atomic mass is 10.0. The second-order valence-corrected chi connectivity index (χ2v) is 10.7. The fourth-order valence-corrected chi connectivity index (χ4v) is 4.16. The number of quaternary nitrogens is 1. The van der Waals surface area contributed by atoms with Crippen molar-refractivity contribution in [3.8, 4) is 0 Å². The number of amides is 1. The molecular weight excluding hydrogens is 480 g/mol. The van der Waals surface area contributed by atoms with Crippen LogP contribution in [0, 0.1) is 0 Å². The Morgan fingerprint density at radius 3 is 2.11 bits per heavy atom. The molecule has 1 amide bonds. The molecule has 0 aliphatic heterocycles. The van der Waals surface area contributed by atoms with Crippen molar-refractivity contribution in [1.82, 2.24) is 5.32 Å². The number of hydrogen-bond acceptors (Lipinski definition) is 6. The number of benzene rings is 3. The molecule has 0 aromatic heterocycles. The topological polar surface area (TPSA) is 120 Å².